The Morgan fingerprint density at radius 3 is 2.70 bits per heavy atom. The number of amides is 1. The van der Waals surface area contributed by atoms with E-state index in [2.05, 4.69) is 10.7 Å². The third-order valence-corrected chi connectivity index (χ3v) is 3.71. The SMILES string of the molecule is NNc1c(F)cccc1C(=O)Nc1ccc(Cl)cc1I. The number of anilines is 2. The van der Waals surface area contributed by atoms with Gasteiger partial charge in [0.05, 0.1) is 16.9 Å². The zero-order chi connectivity index (χ0) is 14.7. The number of carbonyl (C=O) groups is 1. The van der Waals surface area contributed by atoms with Gasteiger partial charge in [-0.3, -0.25) is 10.6 Å². The lowest BCUT2D eigenvalue weighted by Crippen LogP contribution is -2.18. The van der Waals surface area contributed by atoms with E-state index in [4.69, 9.17) is 17.4 Å². The average molecular weight is 406 g/mol. The van der Waals surface area contributed by atoms with Crippen molar-refractivity contribution in [3.8, 4) is 0 Å². The molecule has 0 aromatic heterocycles. The molecule has 0 saturated heterocycles. The van der Waals surface area contributed by atoms with Gasteiger partial charge in [-0.1, -0.05) is 17.7 Å². The minimum Gasteiger partial charge on any atom is -0.321 e. The Kier molecular flexibility index (Phi) is 4.79. The van der Waals surface area contributed by atoms with E-state index < -0.39 is 11.7 Å². The van der Waals surface area contributed by atoms with Crippen molar-refractivity contribution in [2.75, 3.05) is 10.7 Å². The van der Waals surface area contributed by atoms with Crippen LogP contribution in [0.15, 0.2) is 36.4 Å². The van der Waals surface area contributed by atoms with Crippen LogP contribution in [0.1, 0.15) is 10.4 Å². The fraction of sp³-hybridized carbons (Fsp3) is 0. The van der Waals surface area contributed by atoms with Gasteiger partial charge in [0.1, 0.15) is 5.82 Å². The monoisotopic (exact) mass is 405 g/mol. The summed E-state index contributed by atoms with van der Waals surface area (Å²) in [4.78, 5) is 12.2. The highest BCUT2D eigenvalue weighted by molar-refractivity contribution is 14.1. The molecule has 0 fully saturated rings. The predicted octanol–water partition coefficient (Wildman–Crippen LogP) is 3.62. The molecule has 0 atom stereocenters. The maximum atomic E-state index is 13.5. The molecule has 4 nitrogen and oxygen atoms in total. The van der Waals surface area contributed by atoms with Crippen LogP contribution >= 0.6 is 34.2 Å². The number of hydrogen-bond acceptors (Lipinski definition) is 3. The third-order valence-electron chi connectivity index (χ3n) is 2.58. The van der Waals surface area contributed by atoms with Gasteiger partial charge in [-0.25, -0.2) is 4.39 Å². The molecule has 20 heavy (non-hydrogen) atoms. The second-order valence-corrected chi connectivity index (χ2v) is 5.48. The van der Waals surface area contributed by atoms with Gasteiger partial charge in [0, 0.05) is 8.59 Å². The van der Waals surface area contributed by atoms with Gasteiger partial charge in [-0.2, -0.15) is 0 Å². The Morgan fingerprint density at radius 1 is 1.30 bits per heavy atom. The maximum Gasteiger partial charge on any atom is 0.257 e. The molecule has 2 rings (SSSR count). The second-order valence-electron chi connectivity index (χ2n) is 3.89. The Labute approximate surface area is 133 Å². The van der Waals surface area contributed by atoms with Gasteiger partial charge < -0.3 is 10.7 Å². The largest absolute Gasteiger partial charge is 0.321 e. The van der Waals surface area contributed by atoms with Gasteiger partial charge in [0.25, 0.3) is 5.91 Å². The molecule has 0 heterocycles. The van der Waals surface area contributed by atoms with Gasteiger partial charge in [0.15, 0.2) is 0 Å². The first-order valence-electron chi connectivity index (χ1n) is 5.54. The summed E-state index contributed by atoms with van der Waals surface area (Å²) in [6.45, 7) is 0. The van der Waals surface area contributed by atoms with Crippen LogP contribution in [-0.2, 0) is 0 Å². The van der Waals surface area contributed by atoms with Crippen LogP contribution in [0.25, 0.3) is 0 Å². The molecule has 0 unspecified atom stereocenters. The number of nitrogens with two attached hydrogens (primary N) is 1. The first-order valence-corrected chi connectivity index (χ1v) is 7.00. The topological polar surface area (TPSA) is 67.1 Å². The fourth-order valence-corrected chi connectivity index (χ4v) is 2.65. The Morgan fingerprint density at radius 2 is 2.05 bits per heavy atom. The van der Waals surface area contributed by atoms with Crippen molar-refractivity contribution in [1.29, 1.82) is 0 Å². The number of benzene rings is 2. The molecule has 2 aromatic rings. The van der Waals surface area contributed by atoms with E-state index in [0.29, 0.717) is 10.7 Å². The van der Waals surface area contributed by atoms with E-state index in [1.165, 1.54) is 18.2 Å². The highest BCUT2D eigenvalue weighted by atomic mass is 127. The lowest BCUT2D eigenvalue weighted by Gasteiger charge is -2.11. The molecule has 0 aliphatic carbocycles. The number of nitrogen functional groups attached to an aromatic ring is 1. The highest BCUT2D eigenvalue weighted by Crippen LogP contribution is 2.24. The van der Waals surface area contributed by atoms with Crippen LogP contribution in [0.2, 0.25) is 5.02 Å². The number of carbonyl (C=O) groups excluding carboxylic acids is 1. The first kappa shape index (κ1) is 15.0. The number of hydrazine groups is 1. The summed E-state index contributed by atoms with van der Waals surface area (Å²) < 4.78 is 14.3. The second kappa shape index (κ2) is 6.38. The maximum absolute atomic E-state index is 13.5. The molecule has 4 N–H and O–H groups in total. The lowest BCUT2D eigenvalue weighted by molar-refractivity contribution is 0.102. The minimum atomic E-state index is -0.592. The number of hydrogen-bond donors (Lipinski definition) is 3. The van der Waals surface area contributed by atoms with Crippen LogP contribution in [-0.4, -0.2) is 5.91 Å². The van der Waals surface area contributed by atoms with Gasteiger partial charge in [-0.05, 0) is 52.9 Å². The lowest BCUT2D eigenvalue weighted by atomic mass is 10.1. The summed E-state index contributed by atoms with van der Waals surface area (Å²) in [6, 6.07) is 9.20. The number of para-hydroxylation sites is 1. The van der Waals surface area contributed by atoms with Crippen LogP contribution < -0.4 is 16.6 Å². The number of nitrogens with one attached hydrogen (secondary N) is 2. The van der Waals surface area contributed by atoms with Gasteiger partial charge >= 0.3 is 0 Å². The number of rotatable bonds is 3. The average Bonchev–Trinajstić information content (AvgIpc) is 2.41. The Balaban J connectivity index is 2.31. The van der Waals surface area contributed by atoms with E-state index in [9.17, 15) is 9.18 Å². The molecule has 0 radical (unpaired) electrons. The molecule has 0 bridgehead atoms. The summed E-state index contributed by atoms with van der Waals surface area (Å²) in [7, 11) is 0. The Bertz CT molecular complexity index is 666. The zero-order valence-electron chi connectivity index (χ0n) is 10.1. The third kappa shape index (κ3) is 3.20. The summed E-state index contributed by atoms with van der Waals surface area (Å²) in [5.41, 5.74) is 2.86. The summed E-state index contributed by atoms with van der Waals surface area (Å²) in [5, 5.41) is 3.26. The van der Waals surface area contributed by atoms with Crippen LogP contribution in [0.4, 0.5) is 15.8 Å². The Hall–Kier alpha value is -1.38. The van der Waals surface area contributed by atoms with Crippen molar-refractivity contribution < 1.29 is 9.18 Å². The number of halogens is 3. The van der Waals surface area contributed by atoms with Crippen molar-refractivity contribution in [3.63, 3.8) is 0 Å². The molecule has 0 spiro atoms. The zero-order valence-corrected chi connectivity index (χ0v) is 13.0. The standard InChI is InChI=1S/C13H10ClFIN3O/c14-7-4-5-11(10(16)6-7)18-13(20)8-2-1-3-9(15)12(8)19-17/h1-6,19H,17H2,(H,18,20). The normalized spacial score (nSPS) is 10.2. The summed E-state index contributed by atoms with van der Waals surface area (Å²) in [5.74, 6) is 4.19. The van der Waals surface area contributed by atoms with E-state index in [1.54, 1.807) is 18.2 Å². The molecular weight excluding hydrogens is 396 g/mol. The molecule has 0 aliphatic heterocycles. The smallest absolute Gasteiger partial charge is 0.257 e. The molecule has 0 saturated carbocycles. The summed E-state index contributed by atoms with van der Waals surface area (Å²) in [6.07, 6.45) is 0. The first-order chi connectivity index (χ1) is 9.52. The molecule has 2 aromatic carbocycles. The molecule has 7 heteroatoms. The van der Waals surface area contributed by atoms with E-state index in [0.717, 1.165) is 3.57 Å². The molecular formula is C13H10ClFIN3O. The summed E-state index contributed by atoms with van der Waals surface area (Å²) >= 11 is 7.90. The van der Waals surface area contributed by atoms with Gasteiger partial charge in [-0.15, -0.1) is 0 Å². The van der Waals surface area contributed by atoms with E-state index in [-0.39, 0.29) is 11.3 Å². The van der Waals surface area contributed by atoms with E-state index in [1.807, 2.05) is 22.6 Å². The molecule has 1 amide bonds. The van der Waals surface area contributed by atoms with Crippen LogP contribution in [0.3, 0.4) is 0 Å². The van der Waals surface area contributed by atoms with Gasteiger partial charge in [0.2, 0.25) is 0 Å². The van der Waals surface area contributed by atoms with Crippen molar-refractivity contribution >= 4 is 51.5 Å². The molecule has 0 aliphatic rings. The van der Waals surface area contributed by atoms with Crippen molar-refractivity contribution in [3.05, 3.63) is 56.4 Å². The van der Waals surface area contributed by atoms with E-state index >= 15 is 0 Å². The van der Waals surface area contributed by atoms with Crippen molar-refractivity contribution in [2.45, 2.75) is 0 Å². The highest BCUT2D eigenvalue weighted by Gasteiger charge is 2.15. The van der Waals surface area contributed by atoms with Crippen molar-refractivity contribution in [2.24, 2.45) is 5.84 Å². The van der Waals surface area contributed by atoms with Crippen LogP contribution in [0, 0.1) is 9.39 Å². The molecule has 104 valence electrons. The predicted molar refractivity (Wildman–Crippen MR) is 86.3 cm³/mol. The van der Waals surface area contributed by atoms with Crippen molar-refractivity contribution in [1.82, 2.24) is 0 Å². The quantitative estimate of drug-likeness (QED) is 0.415. The van der Waals surface area contributed by atoms with Crippen LogP contribution in [0.5, 0.6) is 0 Å². The minimum absolute atomic E-state index is 0.0472. The fourth-order valence-electron chi connectivity index (χ4n) is 1.64.